The molecule has 0 unspecified atom stereocenters. The van der Waals surface area contributed by atoms with Crippen molar-refractivity contribution in [2.24, 2.45) is 29.4 Å². The van der Waals surface area contributed by atoms with Crippen molar-refractivity contribution in [3.05, 3.63) is 118 Å². The van der Waals surface area contributed by atoms with Crippen LogP contribution in [0.2, 0.25) is 0 Å². The monoisotopic (exact) mass is 1470 g/mol. The van der Waals surface area contributed by atoms with E-state index < -0.39 is 125 Å². The van der Waals surface area contributed by atoms with Gasteiger partial charge in [-0.3, -0.25) is 48.1 Å². The maximum Gasteiger partial charge on any atom is 0.410 e. The quantitative estimate of drug-likeness (QED) is 0.0110. The van der Waals surface area contributed by atoms with Gasteiger partial charge in [0.15, 0.2) is 11.3 Å². The predicted molar refractivity (Wildman–Crippen MR) is 385 cm³/mol. The molecule has 0 radical (unpaired) electrons. The predicted octanol–water partition coefficient (Wildman–Crippen LogP) is 7.40. The first-order valence-electron chi connectivity index (χ1n) is 35.5. The van der Waals surface area contributed by atoms with E-state index in [2.05, 4.69) is 26.6 Å². The number of unbranched alkanes of at least 4 members (excludes halogenated alkanes) is 2. The van der Waals surface area contributed by atoms with Gasteiger partial charge in [-0.1, -0.05) is 71.4 Å². The van der Waals surface area contributed by atoms with Crippen molar-refractivity contribution in [3.63, 3.8) is 0 Å². The lowest BCUT2D eigenvalue weighted by atomic mass is 9.86. The summed E-state index contributed by atoms with van der Waals surface area (Å²) >= 11 is 0. The lowest BCUT2D eigenvalue weighted by molar-refractivity contribution is -0.168. The first-order chi connectivity index (χ1) is 50.5. The molecule has 7 aliphatic heterocycles. The molecule has 9 N–H and O–H groups in total. The fourth-order valence-electron chi connectivity index (χ4n) is 13.7. The number of aromatic nitrogens is 1. The summed E-state index contributed by atoms with van der Waals surface area (Å²) in [7, 11) is 1.43. The average Bonchev–Trinajstić information content (AvgIpc) is 1.40. The van der Waals surface area contributed by atoms with Crippen LogP contribution < -0.4 is 47.2 Å². The van der Waals surface area contributed by atoms with Crippen LogP contribution in [0.5, 0.6) is 17.2 Å². The summed E-state index contributed by atoms with van der Waals surface area (Å²) in [6.07, 6.45) is 7.34. The fourth-order valence-corrected chi connectivity index (χ4v) is 13.7. The second-order valence-corrected chi connectivity index (χ2v) is 27.9. The number of primary amides is 1. The van der Waals surface area contributed by atoms with Gasteiger partial charge >= 0.3 is 23.9 Å². The standard InChI is InChI=1S/C76H91N9O21/c1-38(2)59(82-53(87)19-12-11-13-32-85-54(88)26-27-55(85)89)73(96)81-50(18-15-31-78-74(77)97)72(95)79-46-22-20-45(21-23-46)37-100-75(98)84-33-28-47(29-34-84)103-48-24-25-49-52(36-48)104-68-60(80-49)56-57-62(90)42(6)66-58(56)70(93)76(9,106-66)101-35-30-51(99-10)41(5)67(102-44(8)86)69-63(91)43(7)65(105-69)39(3)16-14-17-40(4)71(94)83-61(68)64(57)92/h14,16-17,20-27,30,35-36,38-39,41,43,47,50-51,59,63,65,67,69,90-91H,11-13,15,18-19,28-29,31-34,37H2,1-10H3,(H,79,95)(H,81,96)(H,82,87)(H,83,94)(H3,77,78,97)/b16-14+,35-30+,40-17-/t39-,41+,43-,50-,51-,59-,63+,65-,67+,69+,76-/m0/s1. The van der Waals surface area contributed by atoms with E-state index >= 15 is 9.59 Å². The Labute approximate surface area is 611 Å². The second kappa shape index (κ2) is 33.6. The maximum absolute atomic E-state index is 15.1. The van der Waals surface area contributed by atoms with Gasteiger partial charge < -0.3 is 85.0 Å². The molecule has 0 saturated carbocycles. The van der Waals surface area contributed by atoms with Crippen LogP contribution in [-0.4, -0.2) is 172 Å². The van der Waals surface area contributed by atoms with Crippen LogP contribution >= 0.6 is 0 Å². The molecule has 1 aliphatic carbocycles. The summed E-state index contributed by atoms with van der Waals surface area (Å²) in [4.78, 5) is 154. The number of allylic oxidation sites excluding steroid dienone is 2. The van der Waals surface area contributed by atoms with Gasteiger partial charge in [-0.05, 0) is 81.4 Å². The summed E-state index contributed by atoms with van der Waals surface area (Å²) in [5.74, 6) is -8.96. The zero-order valence-corrected chi connectivity index (χ0v) is 60.8. The molecule has 2 fully saturated rings. The zero-order valence-electron chi connectivity index (χ0n) is 60.8. The van der Waals surface area contributed by atoms with Crippen molar-refractivity contribution in [3.8, 4) is 28.7 Å². The largest absolute Gasteiger partial charge is 0.507 e. The van der Waals surface area contributed by atoms with E-state index in [4.69, 9.17) is 48.3 Å². The maximum atomic E-state index is 15.1. The van der Waals surface area contributed by atoms with E-state index in [1.54, 1.807) is 80.3 Å². The van der Waals surface area contributed by atoms with Gasteiger partial charge in [-0.25, -0.2) is 14.6 Å². The fraction of sp³-hybridized carbons (Fsp3) is 0.474. The number of aliphatic hydroxyl groups is 1. The number of hydrogen-bond donors (Lipinski definition) is 8. The number of nitrogens with two attached hydrogens (primary N) is 1. The van der Waals surface area contributed by atoms with Crippen LogP contribution in [0.4, 0.5) is 21.0 Å². The number of hydrogen-bond acceptors (Lipinski definition) is 22. The van der Waals surface area contributed by atoms with Crippen LogP contribution in [0.1, 0.15) is 128 Å². The van der Waals surface area contributed by atoms with Crippen molar-refractivity contribution >= 4 is 92.6 Å². The molecule has 30 nitrogen and oxygen atoms in total. The third-order valence-electron chi connectivity index (χ3n) is 19.8. The number of phenolic OH excluding ortho intramolecular Hbond substituents is 1. The smallest absolute Gasteiger partial charge is 0.410 e. The number of Topliss-reactive ketones (excluding diaryl/α,β-unsaturated/α-hetero) is 1. The molecule has 8 aliphatic rings. The van der Waals surface area contributed by atoms with E-state index in [1.165, 1.54) is 65.4 Å². The van der Waals surface area contributed by atoms with Crippen molar-refractivity contribution in [2.75, 3.05) is 43.9 Å². The first kappa shape index (κ1) is 77.9. The van der Waals surface area contributed by atoms with E-state index in [9.17, 15) is 53.4 Å². The lowest BCUT2D eigenvalue weighted by Crippen LogP contribution is -2.54. The Kier molecular flexibility index (Phi) is 24.7. The molecule has 106 heavy (non-hydrogen) atoms. The summed E-state index contributed by atoms with van der Waals surface area (Å²) in [6.45, 7) is 15.3. The number of methoxy groups -OCH3 is 1. The van der Waals surface area contributed by atoms with Gasteiger partial charge in [0.2, 0.25) is 23.2 Å². The number of amides is 9. The Morgan fingerprint density at radius 2 is 1.59 bits per heavy atom. The van der Waals surface area contributed by atoms with E-state index in [0.29, 0.717) is 49.1 Å². The van der Waals surface area contributed by atoms with Crippen molar-refractivity contribution in [1.82, 2.24) is 30.7 Å². The normalized spacial score (nSPS) is 24.3. The third kappa shape index (κ3) is 17.5. The van der Waals surface area contributed by atoms with Gasteiger partial charge in [-0.2, -0.15) is 0 Å². The molecule has 0 spiro atoms. The molecule has 30 heteroatoms. The number of fused-ring (bicyclic) bond motifs is 9. The number of benzene rings is 4. The van der Waals surface area contributed by atoms with Gasteiger partial charge in [0.05, 0.1) is 35.5 Å². The molecule has 566 valence electrons. The number of carbonyl (C=O) groups is 10. The number of anilines is 2. The van der Waals surface area contributed by atoms with Crippen molar-refractivity contribution in [2.45, 2.75) is 175 Å². The molecular weight excluding hydrogens is 1370 g/mol. The van der Waals surface area contributed by atoms with Crippen molar-refractivity contribution < 1.29 is 95.7 Å². The highest BCUT2D eigenvalue weighted by Gasteiger charge is 2.52. The number of carbonyl (C=O) groups excluding carboxylic acids is 10. The zero-order chi connectivity index (χ0) is 76.6. The Bertz CT molecular complexity index is 4370. The minimum Gasteiger partial charge on any atom is -0.507 e. The van der Waals surface area contributed by atoms with Gasteiger partial charge in [-0.15, -0.1) is 0 Å². The molecule has 2 saturated heterocycles. The van der Waals surface area contributed by atoms with Gasteiger partial charge in [0.1, 0.15) is 71.1 Å². The number of rotatable bonds is 22. The molecule has 7 heterocycles. The SMILES string of the molecule is CO[C@H]1/C=C/O[C@@]2(C)Oc3c(C)c(O)c4c(=O)c(c5oc6cc(OC7CCN(C(=O)OCc8ccc(NC(=O)[C@H](CCCNC(N)=O)NC(=O)[C@@H](NC(=O)CCCCCN9C(=O)C=CC9=O)C(C)C)cc8)CC7)ccc6nc-5c4c3C2=O)NC(=O)/C(C)=C\C=C\[C@H](C)[C@@H]2O[C@H]([C@H](O)[C@@H]2C)[C@H](OC(C)=O)[C@@H]1C. The van der Waals surface area contributed by atoms with Crippen LogP contribution in [0, 0.1) is 30.6 Å². The highest BCUT2D eigenvalue weighted by atomic mass is 16.7. The number of aromatic hydroxyl groups is 1. The Balaban J connectivity index is 0.803. The van der Waals surface area contributed by atoms with Gasteiger partial charge in [0, 0.05) is 125 Å². The number of nitrogens with one attached hydrogen (secondary N) is 5. The second-order valence-electron chi connectivity index (χ2n) is 27.9. The molecule has 11 atom stereocenters. The summed E-state index contributed by atoms with van der Waals surface area (Å²) in [5, 5.41) is 36.7. The number of ether oxygens (including phenoxy) is 7. The van der Waals surface area contributed by atoms with Gasteiger partial charge in [0.25, 0.3) is 23.5 Å². The number of esters is 1. The van der Waals surface area contributed by atoms with Crippen LogP contribution in [0.15, 0.2) is 100.0 Å². The number of aliphatic hydroxyl groups excluding tert-OH is 1. The topological polar surface area (TPSA) is 412 Å². The molecule has 11 rings (SSSR count). The molecule has 3 aromatic rings. The number of piperidine rings is 1. The van der Waals surface area contributed by atoms with E-state index in [1.807, 2.05) is 13.8 Å². The number of phenols is 1. The molecule has 7 bridgehead atoms. The summed E-state index contributed by atoms with van der Waals surface area (Å²) in [5.41, 5.74) is 5.14. The van der Waals surface area contributed by atoms with E-state index in [0.717, 1.165) is 4.90 Å². The van der Waals surface area contributed by atoms with Crippen molar-refractivity contribution in [1.29, 1.82) is 0 Å². The lowest BCUT2D eigenvalue weighted by Gasteiger charge is -2.33. The Morgan fingerprint density at radius 3 is 2.27 bits per heavy atom. The minimum absolute atomic E-state index is 0.0123. The number of urea groups is 1. The summed E-state index contributed by atoms with van der Waals surface area (Å²) in [6, 6.07) is 8.49. The third-order valence-corrected chi connectivity index (χ3v) is 19.8. The van der Waals surface area contributed by atoms with Crippen LogP contribution in [-0.2, 0) is 63.9 Å². The number of nitrogens with zero attached hydrogens (tertiary/aromatic N) is 3. The minimum atomic E-state index is -2.11. The first-order valence-corrected chi connectivity index (χ1v) is 35.5. The average molecular weight is 1470 g/mol. The number of likely N-dealkylation sites (tertiary alicyclic amines) is 1. The Hall–Kier alpha value is -10.7. The highest BCUT2D eigenvalue weighted by molar-refractivity contribution is 6.22. The highest BCUT2D eigenvalue weighted by Crippen LogP contribution is 2.51. The molecule has 3 aromatic carbocycles. The number of imide groups is 1. The Morgan fingerprint density at radius 1 is 0.877 bits per heavy atom. The molecule has 9 amide bonds. The van der Waals surface area contributed by atoms with E-state index in [-0.39, 0.29) is 137 Å². The summed E-state index contributed by atoms with van der Waals surface area (Å²) < 4.78 is 49.4. The molecular formula is C76H91N9O21. The van der Waals surface area contributed by atoms with Crippen LogP contribution in [0.25, 0.3) is 33.3 Å². The molecule has 0 aromatic heterocycles. The van der Waals surface area contributed by atoms with Crippen LogP contribution in [0.3, 0.4) is 0 Å². The number of ketones is 1.